The fourth-order valence-corrected chi connectivity index (χ4v) is 3.52. The third-order valence-electron chi connectivity index (χ3n) is 4.68. The summed E-state index contributed by atoms with van der Waals surface area (Å²) in [7, 11) is 0. The first kappa shape index (κ1) is 16.3. The van der Waals surface area contributed by atoms with E-state index in [4.69, 9.17) is 15.1 Å². The van der Waals surface area contributed by atoms with Gasteiger partial charge in [-0.15, -0.1) is 0 Å². The predicted octanol–water partition coefficient (Wildman–Crippen LogP) is 3.14. The van der Waals surface area contributed by atoms with Crippen LogP contribution in [0.4, 0.5) is 0 Å². The largest absolute Gasteiger partial charge is 0.475 e. The number of piperidine rings is 1. The maximum atomic E-state index is 5.81. The van der Waals surface area contributed by atoms with E-state index in [1.807, 2.05) is 31.8 Å². The lowest BCUT2D eigenvalue weighted by Crippen LogP contribution is -2.49. The van der Waals surface area contributed by atoms with Crippen LogP contribution in [-0.4, -0.2) is 29.9 Å². The van der Waals surface area contributed by atoms with Crippen molar-refractivity contribution in [3.05, 3.63) is 11.8 Å². The maximum absolute atomic E-state index is 5.81. The molecule has 0 aromatic carbocycles. The van der Waals surface area contributed by atoms with Gasteiger partial charge in [0.1, 0.15) is 5.76 Å². The van der Waals surface area contributed by atoms with Crippen molar-refractivity contribution < 1.29 is 9.26 Å². The van der Waals surface area contributed by atoms with E-state index >= 15 is 0 Å². The highest BCUT2D eigenvalue weighted by Crippen LogP contribution is 2.53. The topological polar surface area (TPSA) is 64.5 Å². The second-order valence-corrected chi connectivity index (χ2v) is 6.22. The van der Waals surface area contributed by atoms with E-state index in [1.165, 1.54) is 25.7 Å². The number of aromatic nitrogens is 1. The summed E-state index contributed by atoms with van der Waals surface area (Å²) >= 11 is 0. The Morgan fingerprint density at radius 3 is 2.62 bits per heavy atom. The van der Waals surface area contributed by atoms with Gasteiger partial charge in [-0.05, 0) is 55.5 Å². The summed E-state index contributed by atoms with van der Waals surface area (Å²) in [6, 6.07) is 1.83. The van der Waals surface area contributed by atoms with Gasteiger partial charge in [-0.25, -0.2) is 5.01 Å². The smallest absolute Gasteiger partial charge is 0.254 e. The fraction of sp³-hybridized carbons (Fsp3) is 0.812. The molecule has 120 valence electrons. The van der Waals surface area contributed by atoms with Crippen molar-refractivity contribution in [2.45, 2.75) is 52.9 Å². The van der Waals surface area contributed by atoms with E-state index in [0.29, 0.717) is 11.3 Å². The van der Waals surface area contributed by atoms with E-state index in [2.05, 4.69) is 5.16 Å². The van der Waals surface area contributed by atoms with Gasteiger partial charge in [-0.3, -0.25) is 5.84 Å². The van der Waals surface area contributed by atoms with E-state index < -0.39 is 0 Å². The molecule has 2 fully saturated rings. The standard InChI is InChI=1S/C14H23N3O2.C2H6/c1-11-8-13(16-19-11)18-7-2-12-9-14(10-12)3-5-17(15)6-4-14;1-2/h8,12H,2-7,9-10,15H2,1H3;1-2H3. The van der Waals surface area contributed by atoms with Crippen LogP contribution < -0.4 is 10.6 Å². The number of hydrazine groups is 1. The second-order valence-electron chi connectivity index (χ2n) is 6.22. The molecule has 0 amide bonds. The highest BCUT2D eigenvalue weighted by atomic mass is 16.5. The summed E-state index contributed by atoms with van der Waals surface area (Å²) in [5.41, 5.74) is 0.602. The lowest BCUT2D eigenvalue weighted by Gasteiger charge is -2.51. The van der Waals surface area contributed by atoms with Crippen molar-refractivity contribution in [2.75, 3.05) is 19.7 Å². The summed E-state index contributed by atoms with van der Waals surface area (Å²) in [5.74, 6) is 8.04. The van der Waals surface area contributed by atoms with Crippen LogP contribution in [0.2, 0.25) is 0 Å². The van der Waals surface area contributed by atoms with Gasteiger partial charge in [-0.2, -0.15) is 0 Å². The first-order valence-corrected chi connectivity index (χ1v) is 8.21. The molecular formula is C16H29N3O2. The molecule has 1 saturated carbocycles. The van der Waals surface area contributed by atoms with Gasteiger partial charge < -0.3 is 9.26 Å². The zero-order valence-corrected chi connectivity index (χ0v) is 13.6. The molecule has 2 aliphatic rings. The van der Waals surface area contributed by atoms with Crippen molar-refractivity contribution in [3.8, 4) is 5.88 Å². The van der Waals surface area contributed by atoms with Crippen LogP contribution in [0.5, 0.6) is 5.88 Å². The van der Waals surface area contributed by atoms with Gasteiger partial charge >= 0.3 is 0 Å². The molecule has 1 aromatic rings. The number of rotatable bonds is 4. The molecule has 1 spiro atoms. The summed E-state index contributed by atoms with van der Waals surface area (Å²) in [4.78, 5) is 0. The van der Waals surface area contributed by atoms with Crippen LogP contribution in [-0.2, 0) is 0 Å². The maximum Gasteiger partial charge on any atom is 0.254 e. The number of hydrogen-bond donors (Lipinski definition) is 1. The molecule has 0 unspecified atom stereocenters. The van der Waals surface area contributed by atoms with Gasteiger partial charge in [0.15, 0.2) is 0 Å². The third kappa shape index (κ3) is 4.20. The van der Waals surface area contributed by atoms with Gasteiger partial charge in [0.25, 0.3) is 5.88 Å². The van der Waals surface area contributed by atoms with Gasteiger partial charge in [0.2, 0.25) is 0 Å². The zero-order chi connectivity index (χ0) is 15.3. The van der Waals surface area contributed by atoms with Crippen molar-refractivity contribution in [2.24, 2.45) is 17.2 Å². The Kier molecular flexibility index (Phi) is 5.65. The van der Waals surface area contributed by atoms with Crippen LogP contribution in [0.3, 0.4) is 0 Å². The molecule has 1 aliphatic carbocycles. The highest BCUT2D eigenvalue weighted by Gasteiger charge is 2.44. The first-order chi connectivity index (χ1) is 10.2. The van der Waals surface area contributed by atoms with E-state index in [9.17, 15) is 0 Å². The average molecular weight is 295 g/mol. The minimum absolute atomic E-state index is 0.602. The van der Waals surface area contributed by atoms with Crippen LogP contribution >= 0.6 is 0 Å². The summed E-state index contributed by atoms with van der Waals surface area (Å²) in [6.07, 6.45) is 6.36. The Hall–Kier alpha value is -1.07. The summed E-state index contributed by atoms with van der Waals surface area (Å²) in [5, 5.41) is 5.78. The Morgan fingerprint density at radius 2 is 2.05 bits per heavy atom. The number of ether oxygens (including phenoxy) is 1. The zero-order valence-electron chi connectivity index (χ0n) is 13.6. The Bertz CT molecular complexity index is 417. The molecule has 21 heavy (non-hydrogen) atoms. The fourth-order valence-electron chi connectivity index (χ4n) is 3.52. The van der Waals surface area contributed by atoms with Gasteiger partial charge in [0.05, 0.1) is 6.61 Å². The predicted molar refractivity (Wildman–Crippen MR) is 82.9 cm³/mol. The molecule has 1 aromatic heterocycles. The van der Waals surface area contributed by atoms with Crippen molar-refractivity contribution in [3.63, 3.8) is 0 Å². The molecule has 0 atom stereocenters. The normalized spacial score (nSPS) is 21.5. The Labute approximate surface area is 127 Å². The van der Waals surface area contributed by atoms with Crippen molar-refractivity contribution >= 4 is 0 Å². The third-order valence-corrected chi connectivity index (χ3v) is 4.68. The first-order valence-electron chi connectivity index (χ1n) is 8.21. The average Bonchev–Trinajstić information content (AvgIpc) is 2.87. The number of nitrogens with two attached hydrogens (primary N) is 1. The molecule has 3 rings (SSSR count). The lowest BCUT2D eigenvalue weighted by molar-refractivity contribution is -0.0205. The SMILES string of the molecule is CC.Cc1cc(OCCC2CC3(CCN(N)CC3)C2)no1. The summed E-state index contributed by atoms with van der Waals surface area (Å²) in [6.45, 7) is 8.73. The quantitative estimate of drug-likeness (QED) is 0.864. The molecular weight excluding hydrogens is 266 g/mol. The van der Waals surface area contributed by atoms with Gasteiger partial charge in [-0.1, -0.05) is 13.8 Å². The van der Waals surface area contributed by atoms with E-state index in [1.54, 1.807) is 0 Å². The van der Waals surface area contributed by atoms with Crippen molar-refractivity contribution in [1.29, 1.82) is 0 Å². The minimum Gasteiger partial charge on any atom is -0.475 e. The molecule has 1 aliphatic heterocycles. The van der Waals surface area contributed by atoms with E-state index in [-0.39, 0.29) is 0 Å². The number of nitrogens with zero attached hydrogens (tertiary/aromatic N) is 2. The molecule has 2 heterocycles. The molecule has 2 N–H and O–H groups in total. The van der Waals surface area contributed by atoms with Crippen LogP contribution in [0, 0.1) is 18.3 Å². The van der Waals surface area contributed by atoms with Crippen LogP contribution in [0.15, 0.2) is 10.6 Å². The molecule has 0 radical (unpaired) electrons. The molecule has 5 heteroatoms. The Morgan fingerprint density at radius 1 is 1.38 bits per heavy atom. The molecule has 1 saturated heterocycles. The minimum atomic E-state index is 0.602. The van der Waals surface area contributed by atoms with Gasteiger partial charge in [0, 0.05) is 19.2 Å². The molecule has 5 nitrogen and oxygen atoms in total. The number of aryl methyl sites for hydroxylation is 1. The van der Waals surface area contributed by atoms with E-state index in [0.717, 1.165) is 37.8 Å². The van der Waals surface area contributed by atoms with Crippen molar-refractivity contribution in [1.82, 2.24) is 10.2 Å². The van der Waals surface area contributed by atoms with Crippen LogP contribution in [0.25, 0.3) is 0 Å². The lowest BCUT2D eigenvalue weighted by atomic mass is 9.57. The van der Waals surface area contributed by atoms with Crippen LogP contribution in [0.1, 0.15) is 51.7 Å². The monoisotopic (exact) mass is 295 g/mol. The molecule has 0 bridgehead atoms. The highest BCUT2D eigenvalue weighted by molar-refractivity contribution is 5.09. The summed E-state index contributed by atoms with van der Waals surface area (Å²) < 4.78 is 10.6. The number of hydrogen-bond acceptors (Lipinski definition) is 5. The second kappa shape index (κ2) is 7.27. The Balaban J connectivity index is 0.000000774.